The van der Waals surface area contributed by atoms with Crippen molar-refractivity contribution >= 4 is 31.9 Å². The minimum atomic E-state index is 0.0156. The summed E-state index contributed by atoms with van der Waals surface area (Å²) in [6.45, 7) is 4.31. The van der Waals surface area contributed by atoms with Gasteiger partial charge in [0, 0.05) is 12.5 Å². The molecule has 1 saturated carbocycles. The molecule has 9 heavy (non-hydrogen) atoms. The fourth-order valence-corrected chi connectivity index (χ4v) is 2.76. The molecule has 54 valence electrons. The number of hydrogen-bond donors (Lipinski definition) is 0. The first kappa shape index (κ1) is 8.02. The molecule has 0 aromatic heterocycles. The van der Waals surface area contributed by atoms with Crippen LogP contribution in [0.15, 0.2) is 0 Å². The summed E-state index contributed by atoms with van der Waals surface area (Å²) in [6.07, 6.45) is 0.296. The van der Waals surface area contributed by atoms with Gasteiger partial charge in [-0.1, -0.05) is 45.7 Å². The molecule has 1 aliphatic carbocycles. The average molecular weight is 258 g/mol. The highest BCUT2D eigenvalue weighted by Crippen LogP contribution is 2.67. The second kappa shape index (κ2) is 1.95. The molecule has 0 spiro atoms. The van der Waals surface area contributed by atoms with E-state index in [1.54, 1.807) is 7.11 Å². The fourth-order valence-electron chi connectivity index (χ4n) is 1.06. The van der Waals surface area contributed by atoms with Gasteiger partial charge in [-0.3, -0.25) is 0 Å². The van der Waals surface area contributed by atoms with Gasteiger partial charge in [0.25, 0.3) is 0 Å². The van der Waals surface area contributed by atoms with E-state index in [9.17, 15) is 0 Å². The highest BCUT2D eigenvalue weighted by molar-refractivity contribution is 9.25. The molecule has 0 radical (unpaired) electrons. The van der Waals surface area contributed by atoms with Crippen LogP contribution in [-0.2, 0) is 4.74 Å². The number of rotatable bonds is 1. The van der Waals surface area contributed by atoms with Crippen molar-refractivity contribution in [3.8, 4) is 0 Å². The van der Waals surface area contributed by atoms with Gasteiger partial charge in [-0.05, 0) is 0 Å². The van der Waals surface area contributed by atoms with Crippen molar-refractivity contribution in [2.75, 3.05) is 7.11 Å². The van der Waals surface area contributed by atoms with Gasteiger partial charge in [0.15, 0.2) is 0 Å². The molecule has 1 nitrogen and oxygen atoms in total. The molecule has 0 N–H and O–H groups in total. The lowest BCUT2D eigenvalue weighted by Gasteiger charge is -1.98. The lowest BCUT2D eigenvalue weighted by molar-refractivity contribution is 0.153. The summed E-state index contributed by atoms with van der Waals surface area (Å²) in [5.41, 5.74) is 0.224. The van der Waals surface area contributed by atoms with Crippen LogP contribution in [0.5, 0.6) is 0 Å². The molecule has 1 unspecified atom stereocenters. The quantitative estimate of drug-likeness (QED) is 0.656. The smallest absolute Gasteiger partial charge is 0.115 e. The summed E-state index contributed by atoms with van der Waals surface area (Å²) in [5, 5.41) is 0. The van der Waals surface area contributed by atoms with Crippen molar-refractivity contribution in [2.24, 2.45) is 5.41 Å². The maximum Gasteiger partial charge on any atom is 0.115 e. The first-order valence-corrected chi connectivity index (χ1v) is 4.44. The van der Waals surface area contributed by atoms with Crippen LogP contribution in [0, 0.1) is 5.41 Å². The van der Waals surface area contributed by atoms with E-state index in [0.717, 1.165) is 0 Å². The van der Waals surface area contributed by atoms with Crippen molar-refractivity contribution in [3.05, 3.63) is 0 Å². The zero-order valence-corrected chi connectivity index (χ0v) is 8.91. The number of ether oxygens (including phenoxy) is 1. The minimum Gasteiger partial charge on any atom is -0.378 e. The number of halogens is 2. The van der Waals surface area contributed by atoms with Gasteiger partial charge in [-0.25, -0.2) is 0 Å². The normalized spacial score (nSPS) is 36.3. The predicted octanol–water partition coefficient (Wildman–Crippen LogP) is 2.53. The summed E-state index contributed by atoms with van der Waals surface area (Å²) < 4.78 is 5.21. The number of hydrogen-bond acceptors (Lipinski definition) is 1. The molecular formula is C6H10Br2O. The van der Waals surface area contributed by atoms with Gasteiger partial charge in [0.05, 0.1) is 6.10 Å². The molecule has 3 heteroatoms. The second-order valence-electron chi connectivity index (χ2n) is 2.96. The lowest BCUT2D eigenvalue weighted by Crippen LogP contribution is -1.96. The molecular weight excluding hydrogens is 248 g/mol. The summed E-state index contributed by atoms with van der Waals surface area (Å²) >= 11 is 7.05. The molecule has 0 heterocycles. The van der Waals surface area contributed by atoms with E-state index in [1.807, 2.05) is 0 Å². The van der Waals surface area contributed by atoms with Gasteiger partial charge in [-0.15, -0.1) is 0 Å². The highest BCUT2D eigenvalue weighted by Gasteiger charge is 2.69. The molecule has 0 amide bonds. The van der Waals surface area contributed by atoms with Gasteiger partial charge in [0.1, 0.15) is 3.23 Å². The van der Waals surface area contributed by atoms with Crippen molar-refractivity contribution in [2.45, 2.75) is 23.2 Å². The molecule has 1 rings (SSSR count). The predicted molar refractivity (Wildman–Crippen MR) is 45.2 cm³/mol. The van der Waals surface area contributed by atoms with Crippen LogP contribution in [0.2, 0.25) is 0 Å². The maximum atomic E-state index is 5.20. The molecule has 1 fully saturated rings. The Morgan fingerprint density at radius 1 is 1.33 bits per heavy atom. The fraction of sp³-hybridized carbons (Fsp3) is 1.00. The van der Waals surface area contributed by atoms with Crippen LogP contribution in [0.1, 0.15) is 13.8 Å². The third-order valence-corrected chi connectivity index (χ3v) is 4.87. The van der Waals surface area contributed by atoms with Gasteiger partial charge < -0.3 is 4.74 Å². The Balaban J connectivity index is 2.66. The molecule has 0 aromatic rings. The first-order valence-electron chi connectivity index (χ1n) is 2.85. The van der Waals surface area contributed by atoms with Crippen molar-refractivity contribution in [1.29, 1.82) is 0 Å². The summed E-state index contributed by atoms with van der Waals surface area (Å²) in [6, 6.07) is 0. The average Bonchev–Trinajstić information content (AvgIpc) is 2.00. The maximum absolute atomic E-state index is 5.20. The van der Waals surface area contributed by atoms with E-state index in [4.69, 9.17) is 4.74 Å². The Kier molecular flexibility index (Phi) is 1.74. The molecule has 0 aliphatic heterocycles. The van der Waals surface area contributed by atoms with E-state index in [0.29, 0.717) is 6.10 Å². The standard InChI is InChI=1S/C6H10Br2O/c1-5(2)4(9-3)6(5,7)8/h4H,1-3H3. The molecule has 0 saturated heterocycles. The Morgan fingerprint density at radius 3 is 1.67 bits per heavy atom. The molecule has 0 bridgehead atoms. The minimum absolute atomic E-state index is 0.0156. The summed E-state index contributed by atoms with van der Waals surface area (Å²) in [7, 11) is 1.73. The van der Waals surface area contributed by atoms with E-state index in [2.05, 4.69) is 45.7 Å². The Bertz CT molecular complexity index is 117. The van der Waals surface area contributed by atoms with Gasteiger partial charge in [-0.2, -0.15) is 0 Å². The van der Waals surface area contributed by atoms with Crippen LogP contribution in [0.25, 0.3) is 0 Å². The Hall–Kier alpha value is 0.920. The van der Waals surface area contributed by atoms with E-state index < -0.39 is 0 Å². The number of alkyl halides is 2. The van der Waals surface area contributed by atoms with Crippen molar-refractivity contribution in [1.82, 2.24) is 0 Å². The monoisotopic (exact) mass is 256 g/mol. The van der Waals surface area contributed by atoms with Crippen LogP contribution in [0.4, 0.5) is 0 Å². The topological polar surface area (TPSA) is 9.23 Å². The van der Waals surface area contributed by atoms with Crippen LogP contribution in [0.3, 0.4) is 0 Å². The van der Waals surface area contributed by atoms with Gasteiger partial charge >= 0.3 is 0 Å². The van der Waals surface area contributed by atoms with Crippen molar-refractivity contribution in [3.63, 3.8) is 0 Å². The lowest BCUT2D eigenvalue weighted by atomic mass is 10.2. The van der Waals surface area contributed by atoms with Gasteiger partial charge in [0.2, 0.25) is 0 Å². The Morgan fingerprint density at radius 2 is 1.67 bits per heavy atom. The zero-order chi connectivity index (χ0) is 7.28. The van der Waals surface area contributed by atoms with Crippen molar-refractivity contribution < 1.29 is 4.74 Å². The molecule has 1 aliphatic rings. The van der Waals surface area contributed by atoms with E-state index in [1.165, 1.54) is 0 Å². The second-order valence-corrected chi connectivity index (χ2v) is 6.53. The zero-order valence-electron chi connectivity index (χ0n) is 5.74. The third-order valence-electron chi connectivity index (χ3n) is 2.00. The summed E-state index contributed by atoms with van der Waals surface area (Å²) in [4.78, 5) is 0. The number of methoxy groups -OCH3 is 1. The summed E-state index contributed by atoms with van der Waals surface area (Å²) in [5.74, 6) is 0. The molecule has 0 aromatic carbocycles. The van der Waals surface area contributed by atoms with Crippen LogP contribution < -0.4 is 0 Å². The van der Waals surface area contributed by atoms with E-state index >= 15 is 0 Å². The highest BCUT2D eigenvalue weighted by atomic mass is 79.9. The van der Waals surface area contributed by atoms with Crippen LogP contribution >= 0.6 is 31.9 Å². The largest absolute Gasteiger partial charge is 0.378 e. The Labute approximate surface area is 72.4 Å². The molecule has 1 atom stereocenters. The van der Waals surface area contributed by atoms with Crippen LogP contribution in [-0.4, -0.2) is 16.4 Å². The van der Waals surface area contributed by atoms with E-state index in [-0.39, 0.29) is 8.65 Å². The first-order chi connectivity index (χ1) is 3.94. The third kappa shape index (κ3) is 0.889. The SMILES string of the molecule is COC1C(C)(C)C1(Br)Br.